The fraction of sp³-hybridized carbons (Fsp3) is 0.160. The van der Waals surface area contributed by atoms with Gasteiger partial charge in [0.25, 0.3) is 5.91 Å². The molecule has 1 saturated heterocycles. The third kappa shape index (κ3) is 3.78. The van der Waals surface area contributed by atoms with Gasteiger partial charge in [0.05, 0.1) is 6.04 Å². The summed E-state index contributed by atoms with van der Waals surface area (Å²) in [5.41, 5.74) is 0.148. The molecular formula is C25H21N3O4S. The topological polar surface area (TPSA) is 91.7 Å². The van der Waals surface area contributed by atoms with Crippen LogP contribution in [-0.4, -0.2) is 29.3 Å². The number of amides is 4. The highest BCUT2D eigenvalue weighted by Crippen LogP contribution is 2.33. The number of nitrogens with zero attached hydrogens (tertiary/aromatic N) is 1. The molecule has 0 bridgehead atoms. The summed E-state index contributed by atoms with van der Waals surface area (Å²) < 4.78 is 5.84. The summed E-state index contributed by atoms with van der Waals surface area (Å²) in [7, 11) is 0. The Labute approximate surface area is 194 Å². The number of benzene rings is 2. The molecule has 1 fully saturated rings. The van der Waals surface area contributed by atoms with Gasteiger partial charge in [0.15, 0.2) is 5.54 Å². The van der Waals surface area contributed by atoms with Crippen LogP contribution in [0.3, 0.4) is 0 Å². The number of rotatable bonds is 6. The van der Waals surface area contributed by atoms with E-state index in [1.54, 1.807) is 19.1 Å². The molecule has 33 heavy (non-hydrogen) atoms. The van der Waals surface area contributed by atoms with Gasteiger partial charge < -0.3 is 15.1 Å². The van der Waals surface area contributed by atoms with Gasteiger partial charge in [0.2, 0.25) is 5.91 Å². The molecular weight excluding hydrogens is 438 g/mol. The smallest absolute Gasteiger partial charge is 0.325 e. The first-order valence-corrected chi connectivity index (χ1v) is 11.3. The molecule has 4 amide bonds. The molecule has 0 radical (unpaired) electrons. The molecule has 4 aromatic rings. The minimum Gasteiger partial charge on any atom is -0.458 e. The molecule has 0 saturated carbocycles. The Kier molecular flexibility index (Phi) is 5.22. The number of thiophene rings is 1. The molecule has 166 valence electrons. The molecule has 2 N–H and O–H groups in total. The average molecular weight is 460 g/mol. The summed E-state index contributed by atoms with van der Waals surface area (Å²) in [4.78, 5) is 40.8. The Balaban J connectivity index is 1.36. The van der Waals surface area contributed by atoms with Crippen LogP contribution in [0.15, 0.2) is 82.6 Å². The number of carbonyl (C=O) groups is 3. The number of fused-ring (bicyclic) bond motifs is 1. The quantitative estimate of drug-likeness (QED) is 0.424. The zero-order valence-electron chi connectivity index (χ0n) is 17.8. The summed E-state index contributed by atoms with van der Waals surface area (Å²) >= 11 is 1.52. The van der Waals surface area contributed by atoms with E-state index in [4.69, 9.17) is 4.42 Å². The maximum atomic E-state index is 13.2. The lowest BCUT2D eigenvalue weighted by atomic mass is 9.99. The van der Waals surface area contributed by atoms with Gasteiger partial charge in [-0.25, -0.2) is 4.79 Å². The summed E-state index contributed by atoms with van der Waals surface area (Å²) in [5, 5.41) is 8.42. The maximum absolute atomic E-state index is 13.2. The Bertz CT molecular complexity index is 1300. The number of carbonyl (C=O) groups excluding carboxylic acids is 3. The molecule has 2 aromatic carbocycles. The highest BCUT2D eigenvalue weighted by molar-refractivity contribution is 7.10. The molecule has 1 aliphatic heterocycles. The van der Waals surface area contributed by atoms with E-state index in [0.29, 0.717) is 11.3 Å². The van der Waals surface area contributed by atoms with E-state index < -0.39 is 29.9 Å². The van der Waals surface area contributed by atoms with Crippen LogP contribution in [0.2, 0.25) is 0 Å². The Morgan fingerprint density at radius 1 is 1.09 bits per heavy atom. The second-order valence-electron chi connectivity index (χ2n) is 8.02. The van der Waals surface area contributed by atoms with Crippen molar-refractivity contribution in [1.29, 1.82) is 0 Å². The van der Waals surface area contributed by atoms with Crippen molar-refractivity contribution in [2.24, 2.45) is 0 Å². The molecule has 3 heterocycles. The van der Waals surface area contributed by atoms with Crippen molar-refractivity contribution in [3.05, 3.63) is 94.4 Å². The molecule has 2 atom stereocenters. The fourth-order valence-electron chi connectivity index (χ4n) is 4.01. The van der Waals surface area contributed by atoms with Crippen LogP contribution < -0.4 is 10.6 Å². The minimum absolute atomic E-state index is 0.325. The van der Waals surface area contributed by atoms with Gasteiger partial charge in [-0.15, -0.1) is 11.3 Å². The average Bonchev–Trinajstić information content (AvgIpc) is 3.55. The summed E-state index contributed by atoms with van der Waals surface area (Å²) in [6.07, 6.45) is 0. The lowest BCUT2D eigenvalue weighted by molar-refractivity contribution is -0.135. The van der Waals surface area contributed by atoms with E-state index in [1.165, 1.54) is 11.3 Å². The fourth-order valence-corrected chi connectivity index (χ4v) is 4.81. The minimum atomic E-state index is -1.39. The Hall–Kier alpha value is -3.91. The van der Waals surface area contributed by atoms with Gasteiger partial charge in [-0.1, -0.05) is 54.6 Å². The number of nitrogens with one attached hydrogen (secondary N) is 2. The lowest BCUT2D eigenvalue weighted by Crippen LogP contribution is -2.43. The first-order valence-electron chi connectivity index (χ1n) is 10.5. The van der Waals surface area contributed by atoms with Crippen LogP contribution in [0.1, 0.15) is 29.2 Å². The lowest BCUT2D eigenvalue weighted by Gasteiger charge is -2.21. The molecule has 1 aliphatic rings. The number of furan rings is 1. The summed E-state index contributed by atoms with van der Waals surface area (Å²) in [6.45, 7) is 1.19. The predicted octanol–water partition coefficient (Wildman–Crippen LogP) is 4.17. The van der Waals surface area contributed by atoms with Crippen molar-refractivity contribution in [1.82, 2.24) is 15.5 Å². The largest absolute Gasteiger partial charge is 0.458 e. The predicted molar refractivity (Wildman–Crippen MR) is 125 cm³/mol. The van der Waals surface area contributed by atoms with E-state index in [0.717, 1.165) is 20.7 Å². The van der Waals surface area contributed by atoms with Gasteiger partial charge in [0.1, 0.15) is 17.9 Å². The van der Waals surface area contributed by atoms with E-state index in [1.807, 2.05) is 66.0 Å². The molecule has 2 aromatic heterocycles. The number of hydrogen-bond acceptors (Lipinski definition) is 5. The van der Waals surface area contributed by atoms with Crippen LogP contribution in [0.25, 0.3) is 11.0 Å². The third-order valence-electron chi connectivity index (χ3n) is 5.76. The molecule has 8 heteroatoms. The van der Waals surface area contributed by atoms with E-state index in [2.05, 4.69) is 10.6 Å². The number of imide groups is 1. The first-order chi connectivity index (χ1) is 16.0. The second kappa shape index (κ2) is 8.22. The Morgan fingerprint density at radius 3 is 2.58 bits per heavy atom. The van der Waals surface area contributed by atoms with E-state index >= 15 is 0 Å². The number of urea groups is 1. The summed E-state index contributed by atoms with van der Waals surface area (Å²) in [5.74, 6) is -0.644. The van der Waals surface area contributed by atoms with Crippen molar-refractivity contribution in [3.8, 4) is 0 Å². The van der Waals surface area contributed by atoms with Crippen LogP contribution in [0, 0.1) is 0 Å². The van der Waals surface area contributed by atoms with Crippen molar-refractivity contribution in [2.45, 2.75) is 18.5 Å². The first kappa shape index (κ1) is 21.0. The van der Waals surface area contributed by atoms with Gasteiger partial charge in [-0.05, 0) is 36.1 Å². The second-order valence-corrected chi connectivity index (χ2v) is 9.00. The van der Waals surface area contributed by atoms with Gasteiger partial charge in [-0.3, -0.25) is 14.5 Å². The standard InChI is InChI=1S/C25H21N3O4S/c1-25(20-14-17-10-5-6-11-18(17)32-20)23(30)28(24(31)27-25)15-21(29)26-22(19-12-7-13-33-19)16-8-3-2-4-9-16/h2-14,22H,15H2,1H3,(H,26,29)(H,27,31)/t22-,25+/m1/s1. The van der Waals surface area contributed by atoms with Crippen LogP contribution in [0.4, 0.5) is 4.79 Å². The van der Waals surface area contributed by atoms with E-state index in [-0.39, 0.29) is 6.04 Å². The van der Waals surface area contributed by atoms with Crippen molar-refractivity contribution < 1.29 is 18.8 Å². The maximum Gasteiger partial charge on any atom is 0.325 e. The van der Waals surface area contributed by atoms with Gasteiger partial charge >= 0.3 is 6.03 Å². The van der Waals surface area contributed by atoms with Crippen molar-refractivity contribution in [3.63, 3.8) is 0 Å². The molecule has 0 aliphatic carbocycles. The molecule has 0 unspecified atom stereocenters. The van der Waals surface area contributed by atoms with Crippen LogP contribution in [-0.2, 0) is 15.1 Å². The molecule has 0 spiro atoms. The SMILES string of the molecule is C[C@@]1(c2cc3ccccc3o2)NC(=O)N(CC(=O)N[C@H](c2ccccc2)c2cccs2)C1=O. The van der Waals surface area contributed by atoms with Crippen LogP contribution in [0.5, 0.6) is 0 Å². The van der Waals surface area contributed by atoms with Gasteiger partial charge in [0, 0.05) is 10.3 Å². The van der Waals surface area contributed by atoms with Crippen molar-refractivity contribution in [2.75, 3.05) is 6.54 Å². The highest BCUT2D eigenvalue weighted by Gasteiger charge is 2.51. The van der Waals surface area contributed by atoms with E-state index in [9.17, 15) is 14.4 Å². The number of para-hydroxylation sites is 1. The summed E-state index contributed by atoms with van der Waals surface area (Å²) in [6, 6.07) is 21.5. The zero-order chi connectivity index (χ0) is 23.0. The normalized spacial score (nSPS) is 19.0. The number of hydrogen-bond donors (Lipinski definition) is 2. The monoisotopic (exact) mass is 459 g/mol. The Morgan fingerprint density at radius 2 is 1.85 bits per heavy atom. The molecule has 5 rings (SSSR count). The van der Waals surface area contributed by atoms with Crippen LogP contribution >= 0.6 is 11.3 Å². The zero-order valence-corrected chi connectivity index (χ0v) is 18.6. The van der Waals surface area contributed by atoms with Crippen molar-refractivity contribution >= 4 is 40.2 Å². The van der Waals surface area contributed by atoms with Gasteiger partial charge in [-0.2, -0.15) is 0 Å². The third-order valence-corrected chi connectivity index (χ3v) is 6.70. The highest BCUT2D eigenvalue weighted by atomic mass is 32.1. The molecule has 7 nitrogen and oxygen atoms in total.